The van der Waals surface area contributed by atoms with Crippen LogP contribution in [0.4, 0.5) is 0 Å². The van der Waals surface area contributed by atoms with Gasteiger partial charge in [-0.15, -0.1) is 6.58 Å². The summed E-state index contributed by atoms with van der Waals surface area (Å²) in [5, 5.41) is 18.6. The second-order valence-corrected chi connectivity index (χ2v) is 4.03. The predicted molar refractivity (Wildman–Crippen MR) is 57.7 cm³/mol. The Labute approximate surface area is 90.2 Å². The molecular weight excluding hydrogens is 194 g/mol. The Balaban J connectivity index is 2.59. The second-order valence-electron chi connectivity index (χ2n) is 4.03. The molecule has 0 spiro atoms. The summed E-state index contributed by atoms with van der Waals surface area (Å²) in [7, 11) is 0. The first-order valence-corrected chi connectivity index (χ1v) is 5.40. The van der Waals surface area contributed by atoms with Crippen LogP contribution in [0.25, 0.3) is 0 Å². The Kier molecular flexibility index (Phi) is 4.78. The minimum absolute atomic E-state index is 0.0201. The fourth-order valence-electron chi connectivity index (χ4n) is 2.17. The van der Waals surface area contributed by atoms with Gasteiger partial charge in [-0.2, -0.15) is 0 Å². The molecule has 0 radical (unpaired) electrons. The van der Waals surface area contributed by atoms with E-state index in [1.807, 2.05) is 0 Å². The van der Waals surface area contributed by atoms with Crippen molar-refractivity contribution in [2.24, 2.45) is 0 Å². The molecule has 1 aliphatic rings. The van der Waals surface area contributed by atoms with E-state index in [0.29, 0.717) is 6.54 Å². The maximum absolute atomic E-state index is 10.7. The standard InChI is InChI=1S/C11H19NO3/c1-2-7-12(8-11(14)15)9-5-3-4-6-10(9)13/h2,9-10,13H,1,3-8H2,(H,14,15). The van der Waals surface area contributed by atoms with Gasteiger partial charge in [0.25, 0.3) is 0 Å². The van der Waals surface area contributed by atoms with E-state index in [4.69, 9.17) is 5.11 Å². The summed E-state index contributed by atoms with van der Waals surface area (Å²) in [6.45, 7) is 4.11. The monoisotopic (exact) mass is 213 g/mol. The minimum atomic E-state index is -0.852. The van der Waals surface area contributed by atoms with E-state index in [9.17, 15) is 9.90 Å². The van der Waals surface area contributed by atoms with Crippen LogP contribution in [0.15, 0.2) is 12.7 Å². The molecule has 0 heterocycles. The normalized spacial score (nSPS) is 26.5. The van der Waals surface area contributed by atoms with Gasteiger partial charge in [-0.3, -0.25) is 9.69 Å². The van der Waals surface area contributed by atoms with Gasteiger partial charge in [0.2, 0.25) is 0 Å². The highest BCUT2D eigenvalue weighted by atomic mass is 16.4. The first kappa shape index (κ1) is 12.2. The van der Waals surface area contributed by atoms with E-state index in [1.54, 1.807) is 11.0 Å². The Hall–Kier alpha value is -0.870. The van der Waals surface area contributed by atoms with E-state index in [0.717, 1.165) is 25.7 Å². The molecule has 0 bridgehead atoms. The van der Waals surface area contributed by atoms with Gasteiger partial charge >= 0.3 is 5.97 Å². The van der Waals surface area contributed by atoms with Gasteiger partial charge in [-0.05, 0) is 12.8 Å². The SMILES string of the molecule is C=CCN(CC(=O)O)C1CCCCC1O. The third kappa shape index (κ3) is 3.64. The van der Waals surface area contributed by atoms with Gasteiger partial charge in [-0.1, -0.05) is 18.9 Å². The van der Waals surface area contributed by atoms with Crippen molar-refractivity contribution in [1.82, 2.24) is 4.90 Å². The lowest BCUT2D eigenvalue weighted by atomic mass is 9.91. The molecule has 2 atom stereocenters. The van der Waals surface area contributed by atoms with Crippen molar-refractivity contribution >= 4 is 5.97 Å². The number of aliphatic hydroxyl groups excluding tert-OH is 1. The van der Waals surface area contributed by atoms with Crippen molar-refractivity contribution < 1.29 is 15.0 Å². The smallest absolute Gasteiger partial charge is 0.317 e. The van der Waals surface area contributed by atoms with Crippen LogP contribution < -0.4 is 0 Å². The molecular formula is C11H19NO3. The Bertz CT molecular complexity index is 230. The molecule has 4 heteroatoms. The van der Waals surface area contributed by atoms with Crippen LogP contribution in [-0.4, -0.2) is 46.3 Å². The fraction of sp³-hybridized carbons (Fsp3) is 0.727. The van der Waals surface area contributed by atoms with Crippen molar-refractivity contribution in [3.05, 3.63) is 12.7 Å². The van der Waals surface area contributed by atoms with E-state index in [-0.39, 0.29) is 12.6 Å². The van der Waals surface area contributed by atoms with Crippen molar-refractivity contribution in [3.63, 3.8) is 0 Å². The molecule has 0 aromatic heterocycles. The zero-order chi connectivity index (χ0) is 11.3. The molecule has 0 amide bonds. The van der Waals surface area contributed by atoms with E-state index >= 15 is 0 Å². The summed E-state index contributed by atoms with van der Waals surface area (Å²) in [4.78, 5) is 12.5. The van der Waals surface area contributed by atoms with Crippen LogP contribution in [0.5, 0.6) is 0 Å². The average Bonchev–Trinajstić information content (AvgIpc) is 2.17. The number of carboxylic acid groups (broad SMARTS) is 1. The first-order valence-electron chi connectivity index (χ1n) is 5.40. The summed E-state index contributed by atoms with van der Waals surface area (Å²) < 4.78 is 0. The third-order valence-electron chi connectivity index (χ3n) is 2.86. The van der Waals surface area contributed by atoms with Gasteiger partial charge < -0.3 is 10.2 Å². The number of aliphatic hydroxyl groups is 1. The van der Waals surface area contributed by atoms with Crippen LogP contribution in [0.1, 0.15) is 25.7 Å². The lowest BCUT2D eigenvalue weighted by molar-refractivity contribution is -0.139. The quantitative estimate of drug-likeness (QED) is 0.665. The largest absolute Gasteiger partial charge is 0.480 e. The van der Waals surface area contributed by atoms with Gasteiger partial charge in [0.1, 0.15) is 0 Å². The number of hydrogen-bond acceptors (Lipinski definition) is 3. The maximum Gasteiger partial charge on any atom is 0.317 e. The number of carboxylic acids is 1. The molecule has 0 saturated heterocycles. The van der Waals surface area contributed by atoms with Crippen LogP contribution in [-0.2, 0) is 4.79 Å². The van der Waals surface area contributed by atoms with Crippen LogP contribution in [0.2, 0.25) is 0 Å². The number of hydrogen-bond donors (Lipinski definition) is 2. The Morgan fingerprint density at radius 3 is 2.67 bits per heavy atom. The van der Waals surface area contributed by atoms with E-state index in [1.165, 1.54) is 0 Å². The molecule has 1 saturated carbocycles. The highest BCUT2D eigenvalue weighted by Gasteiger charge is 2.28. The summed E-state index contributed by atoms with van der Waals surface area (Å²) in [5.74, 6) is -0.852. The summed E-state index contributed by atoms with van der Waals surface area (Å²) >= 11 is 0. The van der Waals surface area contributed by atoms with Crippen molar-refractivity contribution in [2.75, 3.05) is 13.1 Å². The second kappa shape index (κ2) is 5.88. The van der Waals surface area contributed by atoms with E-state index < -0.39 is 12.1 Å². The molecule has 0 aromatic carbocycles. The number of carbonyl (C=O) groups is 1. The highest BCUT2D eigenvalue weighted by Crippen LogP contribution is 2.22. The van der Waals surface area contributed by atoms with Crippen LogP contribution in [0.3, 0.4) is 0 Å². The Morgan fingerprint density at radius 1 is 1.47 bits per heavy atom. The lowest BCUT2D eigenvalue weighted by Crippen LogP contribution is -2.47. The summed E-state index contributed by atoms with van der Waals surface area (Å²) in [6, 6.07) is -0.0205. The molecule has 1 fully saturated rings. The highest BCUT2D eigenvalue weighted by molar-refractivity contribution is 5.69. The summed E-state index contributed by atoms with van der Waals surface area (Å²) in [6.07, 6.45) is 5.05. The topological polar surface area (TPSA) is 60.8 Å². The number of rotatable bonds is 5. The molecule has 0 aromatic rings. The molecule has 4 nitrogen and oxygen atoms in total. The molecule has 2 N–H and O–H groups in total. The van der Waals surface area contributed by atoms with Crippen molar-refractivity contribution in [2.45, 2.75) is 37.8 Å². The number of nitrogens with zero attached hydrogens (tertiary/aromatic N) is 1. The van der Waals surface area contributed by atoms with Gasteiger partial charge in [0, 0.05) is 12.6 Å². The van der Waals surface area contributed by atoms with Crippen LogP contribution in [0, 0.1) is 0 Å². The first-order chi connectivity index (χ1) is 7.15. The van der Waals surface area contributed by atoms with E-state index in [2.05, 4.69) is 6.58 Å². The predicted octanol–water partition coefficient (Wildman–Crippen LogP) is 0.863. The van der Waals surface area contributed by atoms with Crippen molar-refractivity contribution in [3.8, 4) is 0 Å². The molecule has 1 aliphatic carbocycles. The van der Waals surface area contributed by atoms with Crippen LogP contribution >= 0.6 is 0 Å². The fourth-order valence-corrected chi connectivity index (χ4v) is 2.17. The third-order valence-corrected chi connectivity index (χ3v) is 2.86. The molecule has 2 unspecified atom stereocenters. The van der Waals surface area contributed by atoms with Gasteiger partial charge in [0.15, 0.2) is 0 Å². The van der Waals surface area contributed by atoms with Crippen molar-refractivity contribution in [1.29, 1.82) is 0 Å². The molecule has 86 valence electrons. The average molecular weight is 213 g/mol. The van der Waals surface area contributed by atoms with Gasteiger partial charge in [-0.25, -0.2) is 0 Å². The zero-order valence-electron chi connectivity index (χ0n) is 8.93. The molecule has 0 aliphatic heterocycles. The number of aliphatic carboxylic acids is 1. The maximum atomic E-state index is 10.7. The summed E-state index contributed by atoms with van der Waals surface area (Å²) in [5.41, 5.74) is 0. The minimum Gasteiger partial charge on any atom is -0.480 e. The molecule has 1 rings (SSSR count). The molecule has 15 heavy (non-hydrogen) atoms. The zero-order valence-corrected chi connectivity index (χ0v) is 8.93. The Morgan fingerprint density at radius 2 is 2.13 bits per heavy atom. The van der Waals surface area contributed by atoms with Gasteiger partial charge in [0.05, 0.1) is 12.6 Å². The lowest BCUT2D eigenvalue weighted by Gasteiger charge is -2.36.